The Morgan fingerprint density at radius 1 is 1.11 bits per heavy atom. The van der Waals surface area contributed by atoms with E-state index in [1.54, 1.807) is 28.5 Å². The number of phenolic OH excluding ortho intramolecular Hbond substituents is 1. The van der Waals surface area contributed by atoms with E-state index >= 15 is 0 Å². The number of aromatic nitrogens is 3. The lowest BCUT2D eigenvalue weighted by Gasteiger charge is -2.17. The molecule has 0 spiro atoms. The van der Waals surface area contributed by atoms with E-state index in [-0.39, 0.29) is 49.3 Å². The van der Waals surface area contributed by atoms with Gasteiger partial charge >= 0.3 is 5.97 Å². The average Bonchev–Trinajstić information content (AvgIpc) is 3.34. The van der Waals surface area contributed by atoms with Gasteiger partial charge in [0.1, 0.15) is 17.5 Å². The maximum atomic E-state index is 12.5. The van der Waals surface area contributed by atoms with Crippen molar-refractivity contribution in [2.75, 3.05) is 7.11 Å². The molecule has 1 aromatic carbocycles. The summed E-state index contributed by atoms with van der Waals surface area (Å²) in [6, 6.07) is 5.48. The van der Waals surface area contributed by atoms with Crippen LogP contribution in [-0.4, -0.2) is 62.2 Å². The number of carbonyl (C=O) groups excluding carboxylic acids is 4. The summed E-state index contributed by atoms with van der Waals surface area (Å²) in [6.07, 6.45) is 2.80. The number of benzene rings is 1. The Balaban J connectivity index is 1.81. The van der Waals surface area contributed by atoms with Crippen LogP contribution >= 0.6 is 0 Å². The van der Waals surface area contributed by atoms with Crippen LogP contribution in [0.25, 0.3) is 0 Å². The molecule has 0 bridgehead atoms. The molecule has 3 amide bonds. The summed E-state index contributed by atoms with van der Waals surface area (Å²) in [4.78, 5) is 48.6. The smallest absolute Gasteiger partial charge is 0.328 e. The van der Waals surface area contributed by atoms with Gasteiger partial charge in [-0.2, -0.15) is 0 Å². The minimum atomic E-state index is -0.860. The van der Waals surface area contributed by atoms with Crippen LogP contribution in [0.3, 0.4) is 0 Å². The van der Waals surface area contributed by atoms with Gasteiger partial charge in [0.15, 0.2) is 0 Å². The van der Waals surface area contributed by atoms with Crippen molar-refractivity contribution in [2.24, 2.45) is 11.8 Å². The summed E-state index contributed by atoms with van der Waals surface area (Å²) < 4.78 is 6.35. The number of hydrogen-bond donors (Lipinski definition) is 5. The zero-order chi connectivity index (χ0) is 28.1. The molecule has 5 N–H and O–H groups in total. The van der Waals surface area contributed by atoms with Gasteiger partial charge in [0.2, 0.25) is 17.7 Å². The Bertz CT molecular complexity index is 1070. The number of hydroxylamine groups is 1. The molecule has 0 saturated carbocycles. The number of aryl methyl sites for hydroxylation is 1. The molecule has 1 unspecified atom stereocenters. The van der Waals surface area contributed by atoms with Crippen molar-refractivity contribution >= 4 is 23.7 Å². The number of phenols is 1. The van der Waals surface area contributed by atoms with E-state index in [1.807, 2.05) is 13.8 Å². The molecule has 2 atom stereocenters. The van der Waals surface area contributed by atoms with Crippen LogP contribution in [0.1, 0.15) is 50.8 Å². The highest BCUT2D eigenvalue weighted by Crippen LogP contribution is 2.16. The van der Waals surface area contributed by atoms with Gasteiger partial charge in [0.25, 0.3) is 0 Å². The van der Waals surface area contributed by atoms with Gasteiger partial charge in [-0.05, 0) is 36.5 Å². The topological polar surface area (TPSA) is 185 Å². The summed E-state index contributed by atoms with van der Waals surface area (Å²) in [5.74, 6) is -2.13. The third-order valence-electron chi connectivity index (χ3n) is 5.70. The van der Waals surface area contributed by atoms with E-state index in [0.717, 1.165) is 5.56 Å². The molecule has 1 aromatic heterocycles. The monoisotopic (exact) mass is 532 g/mol. The van der Waals surface area contributed by atoms with E-state index in [9.17, 15) is 24.3 Å². The SMILES string of the molecule is COC(=O)[C@H](Cc1ccc(O)cc1)NC(=O)CCCn1cc(CNC(=O)C(CC(=O)NO)CC(C)C)nn1. The number of esters is 1. The van der Waals surface area contributed by atoms with Crippen LogP contribution in [0.15, 0.2) is 30.5 Å². The van der Waals surface area contributed by atoms with Gasteiger partial charge in [0, 0.05) is 31.7 Å². The van der Waals surface area contributed by atoms with Crippen molar-refractivity contribution in [1.29, 1.82) is 0 Å². The first-order chi connectivity index (χ1) is 18.1. The number of rotatable bonds is 15. The van der Waals surface area contributed by atoms with Crippen LogP contribution in [0, 0.1) is 11.8 Å². The predicted molar refractivity (Wildman–Crippen MR) is 134 cm³/mol. The molecule has 13 heteroatoms. The third kappa shape index (κ3) is 10.5. The fourth-order valence-electron chi connectivity index (χ4n) is 3.84. The largest absolute Gasteiger partial charge is 0.508 e. The molecule has 208 valence electrons. The second kappa shape index (κ2) is 15.3. The lowest BCUT2D eigenvalue weighted by Crippen LogP contribution is -2.43. The van der Waals surface area contributed by atoms with Gasteiger partial charge in [-0.15, -0.1) is 5.10 Å². The number of nitrogens with zero attached hydrogens (tertiary/aromatic N) is 3. The van der Waals surface area contributed by atoms with E-state index in [1.165, 1.54) is 19.2 Å². The summed E-state index contributed by atoms with van der Waals surface area (Å²) in [7, 11) is 1.25. The van der Waals surface area contributed by atoms with Crippen molar-refractivity contribution in [3.05, 3.63) is 41.7 Å². The molecule has 0 aliphatic heterocycles. The summed E-state index contributed by atoms with van der Waals surface area (Å²) in [5, 5.41) is 31.6. The second-order valence-corrected chi connectivity index (χ2v) is 9.37. The second-order valence-electron chi connectivity index (χ2n) is 9.37. The lowest BCUT2D eigenvalue weighted by molar-refractivity contribution is -0.145. The first-order valence-corrected chi connectivity index (χ1v) is 12.4. The Kier molecular flexibility index (Phi) is 12.2. The first kappa shape index (κ1) is 30.2. The molecular formula is C25H36N6O7. The zero-order valence-electron chi connectivity index (χ0n) is 21.8. The maximum absolute atomic E-state index is 12.5. The first-order valence-electron chi connectivity index (χ1n) is 12.4. The fraction of sp³-hybridized carbons (Fsp3) is 0.520. The number of amides is 3. The summed E-state index contributed by atoms with van der Waals surface area (Å²) in [5.41, 5.74) is 2.82. The Morgan fingerprint density at radius 3 is 2.45 bits per heavy atom. The highest BCUT2D eigenvalue weighted by atomic mass is 16.5. The fourth-order valence-corrected chi connectivity index (χ4v) is 3.84. The number of nitrogens with one attached hydrogen (secondary N) is 3. The van der Waals surface area contributed by atoms with Crippen molar-refractivity contribution in [2.45, 2.75) is 65.1 Å². The van der Waals surface area contributed by atoms with Crippen molar-refractivity contribution in [3.8, 4) is 5.75 Å². The predicted octanol–water partition coefficient (Wildman–Crippen LogP) is 0.838. The van der Waals surface area contributed by atoms with Crippen LogP contribution in [0.5, 0.6) is 5.75 Å². The number of ether oxygens (including phenoxy) is 1. The molecule has 0 aliphatic carbocycles. The van der Waals surface area contributed by atoms with Crippen LogP contribution in [0.2, 0.25) is 0 Å². The van der Waals surface area contributed by atoms with E-state index in [2.05, 4.69) is 20.9 Å². The number of methoxy groups -OCH3 is 1. The van der Waals surface area contributed by atoms with Crippen LogP contribution in [-0.2, 0) is 43.4 Å². The van der Waals surface area contributed by atoms with Crippen molar-refractivity contribution < 1.29 is 34.2 Å². The standard InChI is InChI=1S/C25H36N6O7/c1-16(2)11-18(13-23(34)29-37)24(35)26-14-19-15-31(30-28-19)10-4-5-22(33)27-21(25(36)38-3)12-17-6-8-20(32)9-7-17/h6-9,15-16,18,21,32,37H,4-5,10-14H2,1-3H3,(H,26,35)(H,27,33)(H,29,34)/t18?,21-/m0/s1. The van der Waals surface area contributed by atoms with Gasteiger partial charge in [-0.1, -0.05) is 31.2 Å². The molecule has 0 fully saturated rings. The lowest BCUT2D eigenvalue weighted by atomic mass is 9.93. The molecule has 13 nitrogen and oxygen atoms in total. The van der Waals surface area contributed by atoms with Crippen molar-refractivity contribution in [3.63, 3.8) is 0 Å². The van der Waals surface area contributed by atoms with Crippen LogP contribution in [0.4, 0.5) is 0 Å². The molecule has 0 radical (unpaired) electrons. The van der Waals surface area contributed by atoms with Gasteiger partial charge in [0.05, 0.1) is 19.9 Å². The highest BCUT2D eigenvalue weighted by molar-refractivity contribution is 5.85. The van der Waals surface area contributed by atoms with E-state index in [4.69, 9.17) is 9.94 Å². The average molecular weight is 533 g/mol. The van der Waals surface area contributed by atoms with Gasteiger partial charge < -0.3 is 20.5 Å². The normalized spacial score (nSPS) is 12.4. The molecule has 2 rings (SSSR count). The zero-order valence-corrected chi connectivity index (χ0v) is 21.8. The molecule has 0 aliphatic rings. The minimum absolute atomic E-state index is 0.105. The molecule has 2 aromatic rings. The quantitative estimate of drug-likeness (QED) is 0.126. The Morgan fingerprint density at radius 2 is 1.82 bits per heavy atom. The summed E-state index contributed by atoms with van der Waals surface area (Å²) >= 11 is 0. The molecule has 1 heterocycles. The molecular weight excluding hydrogens is 496 g/mol. The van der Waals surface area contributed by atoms with Crippen molar-refractivity contribution in [1.82, 2.24) is 31.1 Å². The van der Waals surface area contributed by atoms with E-state index in [0.29, 0.717) is 25.1 Å². The molecule has 38 heavy (non-hydrogen) atoms. The van der Waals surface area contributed by atoms with Gasteiger partial charge in [-0.25, -0.2) is 10.3 Å². The Labute approximate surface area is 220 Å². The minimum Gasteiger partial charge on any atom is -0.508 e. The highest BCUT2D eigenvalue weighted by Gasteiger charge is 2.23. The van der Waals surface area contributed by atoms with E-state index < -0.39 is 23.8 Å². The number of carbonyl (C=O) groups is 4. The number of hydrogen-bond acceptors (Lipinski definition) is 9. The van der Waals surface area contributed by atoms with Gasteiger partial charge in [-0.3, -0.25) is 24.3 Å². The van der Waals surface area contributed by atoms with Crippen LogP contribution < -0.4 is 16.1 Å². The number of aromatic hydroxyl groups is 1. The summed E-state index contributed by atoms with van der Waals surface area (Å²) in [6.45, 7) is 4.39. The Hall–Kier alpha value is -4.00. The molecule has 0 saturated heterocycles. The third-order valence-corrected chi connectivity index (χ3v) is 5.70. The maximum Gasteiger partial charge on any atom is 0.328 e.